The van der Waals surface area contributed by atoms with Crippen molar-refractivity contribution in [3.05, 3.63) is 24.0 Å². The molecule has 2 N–H and O–H groups in total. The van der Waals surface area contributed by atoms with Crippen molar-refractivity contribution >= 4 is 16.9 Å². The van der Waals surface area contributed by atoms with Crippen LogP contribution < -0.4 is 5.32 Å². The Morgan fingerprint density at radius 3 is 3.38 bits per heavy atom. The van der Waals surface area contributed by atoms with Gasteiger partial charge in [-0.05, 0) is 25.0 Å². The summed E-state index contributed by atoms with van der Waals surface area (Å²) in [7, 11) is 0. The number of carbonyl (C=O) groups is 1. The van der Waals surface area contributed by atoms with Gasteiger partial charge >= 0.3 is 0 Å². The minimum absolute atomic E-state index is 0.0458. The number of carbonyl (C=O) groups excluding carboxylic acids is 1. The van der Waals surface area contributed by atoms with Crippen LogP contribution in [0.25, 0.3) is 11.0 Å². The van der Waals surface area contributed by atoms with Crippen LogP contribution in [-0.4, -0.2) is 47.0 Å². The lowest BCUT2D eigenvalue weighted by Crippen LogP contribution is -2.29. The van der Waals surface area contributed by atoms with E-state index in [0.717, 1.165) is 30.5 Å². The van der Waals surface area contributed by atoms with E-state index >= 15 is 0 Å². The highest BCUT2D eigenvalue weighted by atomic mass is 16.5. The molecule has 1 aliphatic heterocycles. The van der Waals surface area contributed by atoms with Gasteiger partial charge in [-0.1, -0.05) is 0 Å². The Morgan fingerprint density at radius 2 is 2.52 bits per heavy atom. The van der Waals surface area contributed by atoms with Crippen LogP contribution in [0.2, 0.25) is 0 Å². The van der Waals surface area contributed by atoms with Crippen LogP contribution in [0.4, 0.5) is 0 Å². The molecule has 1 fully saturated rings. The van der Waals surface area contributed by atoms with Gasteiger partial charge in [-0.3, -0.25) is 9.89 Å². The van der Waals surface area contributed by atoms with Crippen molar-refractivity contribution < 1.29 is 14.3 Å². The number of nitrogens with zero attached hydrogens (tertiary/aromatic N) is 2. The lowest BCUT2D eigenvalue weighted by atomic mass is 10.2. The van der Waals surface area contributed by atoms with E-state index in [-0.39, 0.29) is 18.6 Å². The molecular formula is C14H18N4O3. The molecule has 3 rings (SSSR count). The van der Waals surface area contributed by atoms with Gasteiger partial charge in [0.2, 0.25) is 5.91 Å². The number of rotatable bonds is 6. The monoisotopic (exact) mass is 290 g/mol. The number of fused-ring (bicyclic) bond motifs is 1. The van der Waals surface area contributed by atoms with Gasteiger partial charge in [-0.25, -0.2) is 4.98 Å². The smallest absolute Gasteiger partial charge is 0.246 e. The summed E-state index contributed by atoms with van der Waals surface area (Å²) in [5, 5.41) is 10.7. The maximum absolute atomic E-state index is 11.7. The predicted molar refractivity (Wildman–Crippen MR) is 75.5 cm³/mol. The molecule has 0 aliphatic carbocycles. The van der Waals surface area contributed by atoms with Crippen molar-refractivity contribution in [2.45, 2.75) is 25.5 Å². The minimum atomic E-state index is -0.153. The van der Waals surface area contributed by atoms with E-state index in [1.807, 2.05) is 12.1 Å². The maximum Gasteiger partial charge on any atom is 0.246 e. The summed E-state index contributed by atoms with van der Waals surface area (Å²) >= 11 is 0. The summed E-state index contributed by atoms with van der Waals surface area (Å²) in [6.45, 7) is 1.69. The van der Waals surface area contributed by atoms with E-state index in [9.17, 15) is 4.79 Å². The molecule has 0 saturated carbocycles. The fraction of sp³-hybridized carbons (Fsp3) is 0.500. The third kappa shape index (κ3) is 3.56. The van der Waals surface area contributed by atoms with Crippen molar-refractivity contribution in [1.29, 1.82) is 0 Å². The highest BCUT2D eigenvalue weighted by molar-refractivity contribution is 5.80. The van der Waals surface area contributed by atoms with Crippen molar-refractivity contribution in [2.75, 3.05) is 19.8 Å². The largest absolute Gasteiger partial charge is 0.376 e. The molecule has 0 radical (unpaired) electrons. The number of hydrogen-bond acceptors (Lipinski definition) is 5. The van der Waals surface area contributed by atoms with Crippen LogP contribution in [0.1, 0.15) is 18.5 Å². The highest BCUT2D eigenvalue weighted by Gasteiger charge is 2.16. The first kappa shape index (κ1) is 14.0. The Morgan fingerprint density at radius 1 is 1.57 bits per heavy atom. The Kier molecular flexibility index (Phi) is 4.42. The Balaban J connectivity index is 1.43. The molecule has 0 spiro atoms. The molecule has 7 heteroatoms. The molecule has 112 valence electrons. The maximum atomic E-state index is 11.7. The van der Waals surface area contributed by atoms with Crippen molar-refractivity contribution in [3.63, 3.8) is 0 Å². The summed E-state index contributed by atoms with van der Waals surface area (Å²) in [6, 6.07) is 3.76. The van der Waals surface area contributed by atoms with Crippen LogP contribution in [0.15, 0.2) is 18.3 Å². The van der Waals surface area contributed by atoms with Gasteiger partial charge < -0.3 is 14.8 Å². The quantitative estimate of drug-likeness (QED) is 0.820. The number of aromatic amines is 1. The van der Waals surface area contributed by atoms with Crippen LogP contribution in [0.3, 0.4) is 0 Å². The first-order chi connectivity index (χ1) is 10.3. The highest BCUT2D eigenvalue weighted by Crippen LogP contribution is 2.13. The number of aromatic nitrogens is 3. The number of hydrogen-bond donors (Lipinski definition) is 2. The molecule has 1 atom stereocenters. The summed E-state index contributed by atoms with van der Waals surface area (Å²) in [6.07, 6.45) is 3.90. The minimum Gasteiger partial charge on any atom is -0.376 e. The molecule has 1 aliphatic rings. The lowest BCUT2D eigenvalue weighted by Gasteiger charge is -2.10. The predicted octanol–water partition coefficient (Wildman–Crippen LogP) is 0.770. The molecule has 2 aromatic heterocycles. The van der Waals surface area contributed by atoms with Gasteiger partial charge in [0.1, 0.15) is 6.61 Å². The number of ether oxygens (including phenoxy) is 2. The van der Waals surface area contributed by atoms with Crippen LogP contribution in [0.5, 0.6) is 0 Å². The second kappa shape index (κ2) is 6.64. The zero-order chi connectivity index (χ0) is 14.5. The lowest BCUT2D eigenvalue weighted by molar-refractivity contribution is -0.127. The van der Waals surface area contributed by atoms with Crippen molar-refractivity contribution in [2.24, 2.45) is 0 Å². The van der Waals surface area contributed by atoms with E-state index < -0.39 is 0 Å². The van der Waals surface area contributed by atoms with E-state index in [2.05, 4.69) is 20.5 Å². The van der Waals surface area contributed by atoms with Gasteiger partial charge in [0, 0.05) is 18.2 Å². The molecule has 3 heterocycles. The third-order valence-corrected chi connectivity index (χ3v) is 3.43. The second-order valence-electron chi connectivity index (χ2n) is 5.00. The number of pyridine rings is 1. The molecule has 1 saturated heterocycles. The molecular weight excluding hydrogens is 272 g/mol. The van der Waals surface area contributed by atoms with E-state index in [0.29, 0.717) is 18.8 Å². The van der Waals surface area contributed by atoms with Crippen molar-refractivity contribution in [1.82, 2.24) is 20.5 Å². The van der Waals surface area contributed by atoms with Crippen LogP contribution in [0, 0.1) is 0 Å². The Bertz CT molecular complexity index is 607. The fourth-order valence-electron chi connectivity index (χ4n) is 2.33. The summed E-state index contributed by atoms with van der Waals surface area (Å²) in [4.78, 5) is 15.9. The van der Waals surface area contributed by atoms with Crippen LogP contribution in [-0.2, 0) is 20.8 Å². The molecule has 2 aromatic rings. The molecule has 7 nitrogen and oxygen atoms in total. The average molecular weight is 290 g/mol. The van der Waals surface area contributed by atoms with Gasteiger partial charge in [0.25, 0.3) is 0 Å². The standard InChI is InChI=1S/C14H18N4O3/c19-13(9-20-8-10-3-2-6-21-10)16-7-12-11-4-1-5-15-14(11)18-17-12/h1,4-5,10H,2-3,6-9H2,(H,16,19)(H,15,17,18). The number of nitrogens with one attached hydrogen (secondary N) is 2. The zero-order valence-corrected chi connectivity index (χ0v) is 11.7. The topological polar surface area (TPSA) is 89.1 Å². The Labute approximate surface area is 122 Å². The van der Waals surface area contributed by atoms with Gasteiger partial charge in [0.15, 0.2) is 5.65 Å². The average Bonchev–Trinajstić information content (AvgIpc) is 3.14. The first-order valence-corrected chi connectivity index (χ1v) is 7.07. The molecule has 1 amide bonds. The molecule has 1 unspecified atom stereocenters. The Hall–Kier alpha value is -1.99. The number of H-pyrrole nitrogens is 1. The SMILES string of the molecule is O=C(COCC1CCCO1)NCc1[nH]nc2ncccc12. The fourth-order valence-corrected chi connectivity index (χ4v) is 2.33. The number of amides is 1. The summed E-state index contributed by atoms with van der Waals surface area (Å²) in [5.41, 5.74) is 1.49. The first-order valence-electron chi connectivity index (χ1n) is 7.07. The zero-order valence-electron chi connectivity index (χ0n) is 11.7. The van der Waals surface area contributed by atoms with Gasteiger partial charge in [0.05, 0.1) is 24.9 Å². The molecule has 21 heavy (non-hydrogen) atoms. The van der Waals surface area contributed by atoms with Crippen molar-refractivity contribution in [3.8, 4) is 0 Å². The van der Waals surface area contributed by atoms with E-state index in [4.69, 9.17) is 9.47 Å². The van der Waals surface area contributed by atoms with E-state index in [1.165, 1.54) is 0 Å². The molecule has 0 bridgehead atoms. The summed E-state index contributed by atoms with van der Waals surface area (Å²) < 4.78 is 10.8. The van der Waals surface area contributed by atoms with E-state index in [1.54, 1.807) is 6.20 Å². The van der Waals surface area contributed by atoms with Crippen LogP contribution >= 0.6 is 0 Å². The summed E-state index contributed by atoms with van der Waals surface area (Å²) in [5.74, 6) is -0.153. The second-order valence-corrected chi connectivity index (χ2v) is 5.00. The van der Waals surface area contributed by atoms with Gasteiger partial charge in [-0.2, -0.15) is 5.10 Å². The van der Waals surface area contributed by atoms with Gasteiger partial charge in [-0.15, -0.1) is 0 Å². The normalized spacial score (nSPS) is 18.2. The molecule has 0 aromatic carbocycles. The third-order valence-electron chi connectivity index (χ3n) is 3.43.